The first-order valence-electron chi connectivity index (χ1n) is 6.86. The highest BCUT2D eigenvalue weighted by atomic mass is 79.9. The summed E-state index contributed by atoms with van der Waals surface area (Å²) in [5, 5.41) is 0. The molecule has 1 aliphatic rings. The van der Waals surface area contributed by atoms with Crippen molar-refractivity contribution in [2.75, 3.05) is 33.2 Å². The normalized spacial score (nSPS) is 15.7. The third kappa shape index (κ3) is 4.62. The van der Waals surface area contributed by atoms with Crippen molar-refractivity contribution >= 4 is 21.8 Å². The molecular weight excluding hydrogens is 304 g/mol. The summed E-state index contributed by atoms with van der Waals surface area (Å²) in [6.45, 7) is 4.21. The van der Waals surface area contributed by atoms with Gasteiger partial charge < -0.3 is 9.80 Å². The predicted octanol–water partition coefficient (Wildman–Crippen LogP) is 2.55. The zero-order chi connectivity index (χ0) is 13.7. The van der Waals surface area contributed by atoms with E-state index in [1.165, 1.54) is 25.9 Å². The maximum absolute atomic E-state index is 12.1. The van der Waals surface area contributed by atoms with Crippen LogP contribution in [-0.4, -0.2) is 48.9 Å². The minimum atomic E-state index is 0.196. The molecule has 0 saturated carbocycles. The van der Waals surface area contributed by atoms with Crippen LogP contribution in [0.4, 0.5) is 0 Å². The van der Waals surface area contributed by atoms with Crippen LogP contribution in [0.25, 0.3) is 0 Å². The Balaban J connectivity index is 1.76. The van der Waals surface area contributed by atoms with Crippen molar-refractivity contribution in [1.29, 1.82) is 0 Å². The first-order chi connectivity index (χ1) is 9.15. The van der Waals surface area contributed by atoms with Crippen LogP contribution in [0.5, 0.6) is 0 Å². The molecule has 1 aromatic carbocycles. The maximum atomic E-state index is 12.1. The topological polar surface area (TPSA) is 23.6 Å². The molecule has 0 N–H and O–H groups in total. The first-order valence-corrected chi connectivity index (χ1v) is 7.65. The highest BCUT2D eigenvalue weighted by molar-refractivity contribution is 9.10. The molecule has 1 aliphatic heterocycles. The molecule has 0 bridgehead atoms. The lowest BCUT2D eigenvalue weighted by molar-refractivity contribution is -0.129. The molecular formula is C15H21BrN2O. The molecule has 104 valence electrons. The van der Waals surface area contributed by atoms with E-state index < -0.39 is 0 Å². The Labute approximate surface area is 123 Å². The van der Waals surface area contributed by atoms with Crippen molar-refractivity contribution in [2.45, 2.75) is 19.3 Å². The average Bonchev–Trinajstić information content (AvgIpc) is 2.91. The van der Waals surface area contributed by atoms with Gasteiger partial charge in [-0.05, 0) is 43.6 Å². The number of halogens is 1. The van der Waals surface area contributed by atoms with Gasteiger partial charge in [0.2, 0.25) is 5.91 Å². The molecule has 0 spiro atoms. The van der Waals surface area contributed by atoms with E-state index >= 15 is 0 Å². The number of hydrogen-bond acceptors (Lipinski definition) is 2. The lowest BCUT2D eigenvalue weighted by Gasteiger charge is -2.21. The molecule has 19 heavy (non-hydrogen) atoms. The highest BCUT2D eigenvalue weighted by Gasteiger charge is 2.14. The number of likely N-dealkylation sites (tertiary alicyclic amines) is 1. The van der Waals surface area contributed by atoms with E-state index in [2.05, 4.69) is 20.8 Å². The van der Waals surface area contributed by atoms with Gasteiger partial charge in [-0.2, -0.15) is 0 Å². The summed E-state index contributed by atoms with van der Waals surface area (Å²) >= 11 is 3.40. The zero-order valence-electron chi connectivity index (χ0n) is 11.4. The standard InChI is InChI=1S/C15H21BrN2O/c1-17(10-11-18-8-2-3-9-18)15(19)12-13-4-6-14(16)7-5-13/h4-7H,2-3,8-12H2,1H3. The Morgan fingerprint density at radius 2 is 1.89 bits per heavy atom. The molecule has 0 radical (unpaired) electrons. The van der Waals surface area contributed by atoms with Gasteiger partial charge in [-0.25, -0.2) is 0 Å². The quantitative estimate of drug-likeness (QED) is 0.831. The van der Waals surface area contributed by atoms with Crippen LogP contribution in [-0.2, 0) is 11.2 Å². The van der Waals surface area contributed by atoms with Crippen LogP contribution in [0, 0.1) is 0 Å². The monoisotopic (exact) mass is 324 g/mol. The largest absolute Gasteiger partial charge is 0.344 e. The van der Waals surface area contributed by atoms with Crippen molar-refractivity contribution < 1.29 is 4.79 Å². The molecule has 1 saturated heterocycles. The molecule has 0 aliphatic carbocycles. The van der Waals surface area contributed by atoms with Crippen molar-refractivity contribution in [3.63, 3.8) is 0 Å². The first kappa shape index (κ1) is 14.5. The molecule has 0 unspecified atom stereocenters. The highest BCUT2D eigenvalue weighted by Crippen LogP contribution is 2.12. The van der Waals surface area contributed by atoms with E-state index in [1.54, 1.807) is 0 Å². The van der Waals surface area contributed by atoms with Crippen LogP contribution in [0.15, 0.2) is 28.7 Å². The van der Waals surface area contributed by atoms with E-state index in [0.29, 0.717) is 6.42 Å². The fourth-order valence-electron chi connectivity index (χ4n) is 2.33. The molecule has 1 aromatic rings. The second-order valence-electron chi connectivity index (χ2n) is 5.17. The Morgan fingerprint density at radius 3 is 2.53 bits per heavy atom. The average molecular weight is 325 g/mol. The van der Waals surface area contributed by atoms with Gasteiger partial charge in [-0.3, -0.25) is 4.79 Å². The maximum Gasteiger partial charge on any atom is 0.226 e. The van der Waals surface area contributed by atoms with Gasteiger partial charge in [-0.1, -0.05) is 28.1 Å². The molecule has 0 atom stereocenters. The van der Waals surface area contributed by atoms with Crippen LogP contribution in [0.2, 0.25) is 0 Å². The Hall–Kier alpha value is -0.870. The summed E-state index contributed by atoms with van der Waals surface area (Å²) in [4.78, 5) is 16.4. The molecule has 3 nitrogen and oxygen atoms in total. The van der Waals surface area contributed by atoms with Gasteiger partial charge in [0, 0.05) is 24.6 Å². The second kappa shape index (κ2) is 7.06. The van der Waals surface area contributed by atoms with E-state index in [-0.39, 0.29) is 5.91 Å². The SMILES string of the molecule is CN(CCN1CCCC1)C(=O)Cc1ccc(Br)cc1. The van der Waals surface area contributed by atoms with Gasteiger partial charge in [-0.15, -0.1) is 0 Å². The van der Waals surface area contributed by atoms with Crippen molar-refractivity contribution in [3.05, 3.63) is 34.3 Å². The van der Waals surface area contributed by atoms with E-state index in [1.807, 2.05) is 36.2 Å². The Bertz CT molecular complexity index is 413. The van der Waals surface area contributed by atoms with Gasteiger partial charge >= 0.3 is 0 Å². The lowest BCUT2D eigenvalue weighted by Crippen LogP contribution is -2.35. The minimum absolute atomic E-state index is 0.196. The summed E-state index contributed by atoms with van der Waals surface area (Å²) in [7, 11) is 1.90. The zero-order valence-corrected chi connectivity index (χ0v) is 13.0. The van der Waals surface area contributed by atoms with Gasteiger partial charge in [0.05, 0.1) is 6.42 Å². The second-order valence-corrected chi connectivity index (χ2v) is 6.08. The van der Waals surface area contributed by atoms with Crippen LogP contribution < -0.4 is 0 Å². The molecule has 1 heterocycles. The van der Waals surface area contributed by atoms with E-state index in [4.69, 9.17) is 0 Å². The molecule has 0 aromatic heterocycles. The van der Waals surface area contributed by atoms with Crippen LogP contribution >= 0.6 is 15.9 Å². The number of likely N-dealkylation sites (N-methyl/N-ethyl adjacent to an activating group) is 1. The third-order valence-corrected chi connectivity index (χ3v) is 4.17. The van der Waals surface area contributed by atoms with Gasteiger partial charge in [0.15, 0.2) is 0 Å². The molecule has 1 fully saturated rings. The van der Waals surface area contributed by atoms with E-state index in [9.17, 15) is 4.79 Å². The summed E-state index contributed by atoms with van der Waals surface area (Å²) in [5.74, 6) is 0.196. The molecule has 2 rings (SSSR count). The fourth-order valence-corrected chi connectivity index (χ4v) is 2.60. The smallest absolute Gasteiger partial charge is 0.226 e. The number of benzene rings is 1. The third-order valence-electron chi connectivity index (χ3n) is 3.64. The summed E-state index contributed by atoms with van der Waals surface area (Å²) in [6, 6.07) is 7.95. The van der Waals surface area contributed by atoms with Crippen molar-refractivity contribution in [1.82, 2.24) is 9.80 Å². The number of carbonyl (C=O) groups excluding carboxylic acids is 1. The Kier molecular flexibility index (Phi) is 5.40. The summed E-state index contributed by atoms with van der Waals surface area (Å²) in [5.41, 5.74) is 1.07. The van der Waals surface area contributed by atoms with Gasteiger partial charge in [0.1, 0.15) is 0 Å². The lowest BCUT2D eigenvalue weighted by atomic mass is 10.1. The predicted molar refractivity (Wildman–Crippen MR) is 81.2 cm³/mol. The number of amides is 1. The van der Waals surface area contributed by atoms with Crippen molar-refractivity contribution in [3.8, 4) is 0 Å². The fraction of sp³-hybridized carbons (Fsp3) is 0.533. The number of hydrogen-bond donors (Lipinski definition) is 0. The van der Waals surface area contributed by atoms with Crippen LogP contribution in [0.1, 0.15) is 18.4 Å². The number of carbonyl (C=O) groups is 1. The Morgan fingerprint density at radius 1 is 1.26 bits per heavy atom. The summed E-state index contributed by atoms with van der Waals surface area (Å²) < 4.78 is 1.05. The van der Waals surface area contributed by atoms with Crippen LogP contribution in [0.3, 0.4) is 0 Å². The van der Waals surface area contributed by atoms with Crippen molar-refractivity contribution in [2.24, 2.45) is 0 Å². The van der Waals surface area contributed by atoms with Gasteiger partial charge in [0.25, 0.3) is 0 Å². The summed E-state index contributed by atoms with van der Waals surface area (Å²) in [6.07, 6.45) is 3.09. The molecule has 4 heteroatoms. The number of nitrogens with zero attached hydrogens (tertiary/aromatic N) is 2. The molecule has 1 amide bonds. The number of rotatable bonds is 5. The minimum Gasteiger partial charge on any atom is -0.344 e. The van der Waals surface area contributed by atoms with E-state index in [0.717, 1.165) is 23.1 Å².